The average Bonchev–Trinajstić information content (AvgIpc) is 2.97. The standard InChI is InChI=1S/C31H31F2IN4O3S/c1-20-24(17-35)15-27(16-28(20)32)42(40,41)38-13-12-29(38)31(39)37(26-9-5-8-22(14-26)30(33)34)19-25-11-10-23(18-36-25)21-6-3-2-4-7-21/h5,8-11,14-16,18,21,29-30H,2-4,6-7,12-13,19H2,1H3/t29-,30?/m1/s1. The van der Waals surface area contributed by atoms with Crippen LogP contribution in [0.3, 0.4) is 0 Å². The summed E-state index contributed by atoms with van der Waals surface area (Å²) in [6, 6.07) is 13.3. The minimum absolute atomic E-state index is 0.0576. The maximum atomic E-state index is 14.5. The Bertz CT molecular complexity index is 1620. The van der Waals surface area contributed by atoms with Crippen molar-refractivity contribution >= 4 is 44.2 Å². The molecule has 2 heterocycles. The second-order valence-electron chi connectivity index (χ2n) is 10.8. The van der Waals surface area contributed by atoms with E-state index in [1.54, 1.807) is 46.9 Å². The summed E-state index contributed by atoms with van der Waals surface area (Å²) in [6.45, 7) is 1.53. The predicted molar refractivity (Wildman–Crippen MR) is 164 cm³/mol. The summed E-state index contributed by atoms with van der Waals surface area (Å²) in [5.41, 5.74) is 2.56. The smallest absolute Gasteiger partial charge is 0.245 e. The molecule has 2 aromatic carbocycles. The predicted octanol–water partition coefficient (Wildman–Crippen LogP) is 6.85. The number of benzene rings is 2. The lowest BCUT2D eigenvalue weighted by Crippen LogP contribution is -2.59. The summed E-state index contributed by atoms with van der Waals surface area (Å²) in [7, 11) is -4.28. The van der Waals surface area contributed by atoms with Gasteiger partial charge in [0, 0.05) is 24.0 Å². The molecule has 1 aliphatic heterocycles. The lowest BCUT2D eigenvalue weighted by Gasteiger charge is -2.41. The Morgan fingerprint density at radius 1 is 1.17 bits per heavy atom. The zero-order chi connectivity index (χ0) is 30.0. The molecule has 0 radical (unpaired) electrons. The molecule has 7 nitrogen and oxygen atoms in total. The van der Waals surface area contributed by atoms with Gasteiger partial charge in [0.05, 0.1) is 28.8 Å². The highest BCUT2D eigenvalue weighted by atomic mass is 127. The molecular weight excluding hydrogens is 673 g/mol. The number of pyridine rings is 1. The van der Waals surface area contributed by atoms with E-state index in [0.717, 1.165) is 29.3 Å². The number of rotatable bonds is 8. The fourth-order valence-corrected chi connectivity index (χ4v) is 7.68. The highest BCUT2D eigenvalue weighted by Crippen LogP contribution is 2.35. The van der Waals surface area contributed by atoms with Crippen molar-refractivity contribution < 1.29 is 22.0 Å². The van der Waals surface area contributed by atoms with Crippen molar-refractivity contribution in [1.29, 1.82) is 5.26 Å². The molecule has 2 fully saturated rings. The van der Waals surface area contributed by atoms with Crippen molar-refractivity contribution in [2.75, 3.05) is 11.4 Å². The van der Waals surface area contributed by atoms with E-state index in [1.807, 2.05) is 24.4 Å². The van der Waals surface area contributed by atoms with E-state index in [4.69, 9.17) is 0 Å². The quantitative estimate of drug-likeness (QED) is 0.189. The van der Waals surface area contributed by atoms with Crippen LogP contribution >= 0.6 is 22.6 Å². The van der Waals surface area contributed by atoms with E-state index in [0.29, 0.717) is 22.9 Å². The number of aromatic nitrogens is 1. The molecule has 1 aliphatic carbocycles. The average molecular weight is 705 g/mol. The minimum atomic E-state index is -4.28. The molecule has 3 aromatic rings. The minimum Gasteiger partial charge on any atom is -0.305 e. The van der Waals surface area contributed by atoms with Crippen LogP contribution < -0.4 is 4.90 Å². The van der Waals surface area contributed by atoms with Crippen molar-refractivity contribution in [3.8, 4) is 6.07 Å². The topological polar surface area (TPSA) is 94.4 Å². The molecule has 2 atom stereocenters. The number of sulfonamides is 1. The molecule has 220 valence electrons. The van der Waals surface area contributed by atoms with E-state index >= 15 is 0 Å². The molecule has 0 N–H and O–H groups in total. The summed E-state index contributed by atoms with van der Waals surface area (Å²) < 4.78 is 55.5. The zero-order valence-corrected chi connectivity index (χ0v) is 26.1. The Labute approximate surface area is 258 Å². The number of halogens is 3. The van der Waals surface area contributed by atoms with E-state index in [-0.39, 0.29) is 35.5 Å². The number of nitrogens with zero attached hydrogens (tertiary/aromatic N) is 4. The van der Waals surface area contributed by atoms with Gasteiger partial charge in [0.2, 0.25) is 15.9 Å². The summed E-state index contributed by atoms with van der Waals surface area (Å²) in [4.78, 5) is 19.7. The number of carbonyl (C=O) groups is 1. The van der Waals surface area contributed by atoms with Gasteiger partial charge < -0.3 is 4.90 Å². The number of anilines is 1. The van der Waals surface area contributed by atoms with Gasteiger partial charge in [0.15, 0.2) is 4.18 Å². The molecule has 1 saturated carbocycles. The van der Waals surface area contributed by atoms with Gasteiger partial charge in [-0.2, -0.15) is 9.57 Å². The van der Waals surface area contributed by atoms with Gasteiger partial charge >= 0.3 is 0 Å². The first-order chi connectivity index (χ1) is 20.1. The SMILES string of the molecule is Cc1c(F)cc(S(=O)(=O)N2CC[C@@H]2C(=O)N(Cc2ccc(C3CCCCC3)cn2)c2cccc(C(F)I)c2)cc1C#N. The Morgan fingerprint density at radius 3 is 2.55 bits per heavy atom. The number of amides is 1. The molecule has 1 unspecified atom stereocenters. The van der Waals surface area contributed by atoms with Crippen molar-refractivity contribution in [1.82, 2.24) is 9.29 Å². The van der Waals surface area contributed by atoms with E-state index in [2.05, 4.69) is 4.98 Å². The Morgan fingerprint density at radius 2 is 1.93 bits per heavy atom. The Kier molecular flexibility index (Phi) is 9.25. The van der Waals surface area contributed by atoms with Gasteiger partial charge in [-0.25, -0.2) is 17.2 Å². The normalized spacial score (nSPS) is 18.6. The van der Waals surface area contributed by atoms with Crippen molar-refractivity contribution in [3.05, 3.63) is 88.5 Å². The molecule has 0 spiro atoms. The van der Waals surface area contributed by atoms with Crippen LogP contribution in [0.2, 0.25) is 0 Å². The van der Waals surface area contributed by atoms with Gasteiger partial charge in [-0.1, -0.05) is 37.5 Å². The van der Waals surface area contributed by atoms with Gasteiger partial charge in [0.25, 0.3) is 0 Å². The third-order valence-electron chi connectivity index (χ3n) is 8.24. The maximum Gasteiger partial charge on any atom is 0.245 e. The van der Waals surface area contributed by atoms with Crippen LogP contribution in [0, 0.1) is 24.1 Å². The van der Waals surface area contributed by atoms with Crippen LogP contribution in [0.4, 0.5) is 14.5 Å². The van der Waals surface area contributed by atoms with Crippen molar-refractivity contribution in [2.45, 2.75) is 73.0 Å². The van der Waals surface area contributed by atoms with Crippen molar-refractivity contribution in [2.24, 2.45) is 0 Å². The lowest BCUT2D eigenvalue weighted by molar-refractivity contribution is -0.125. The summed E-state index contributed by atoms with van der Waals surface area (Å²) in [5, 5.41) is 9.36. The van der Waals surface area contributed by atoms with Gasteiger partial charge in [-0.15, -0.1) is 0 Å². The number of nitriles is 1. The lowest BCUT2D eigenvalue weighted by atomic mass is 9.85. The third-order valence-corrected chi connectivity index (χ3v) is 10.8. The summed E-state index contributed by atoms with van der Waals surface area (Å²) >= 11 is 1.65. The maximum absolute atomic E-state index is 14.5. The second-order valence-corrected chi connectivity index (χ2v) is 13.8. The van der Waals surface area contributed by atoms with Crippen LogP contribution in [0.5, 0.6) is 0 Å². The van der Waals surface area contributed by atoms with E-state index in [1.165, 1.54) is 36.6 Å². The number of carbonyl (C=O) groups excluding carboxylic acids is 1. The van der Waals surface area contributed by atoms with Crippen LogP contribution in [0.1, 0.15) is 76.6 Å². The number of alkyl halides is 2. The highest BCUT2D eigenvalue weighted by Gasteiger charge is 2.45. The largest absolute Gasteiger partial charge is 0.305 e. The first kappa shape index (κ1) is 30.5. The molecule has 1 saturated heterocycles. The molecule has 11 heteroatoms. The molecule has 42 heavy (non-hydrogen) atoms. The van der Waals surface area contributed by atoms with Gasteiger partial charge in [0.1, 0.15) is 11.9 Å². The van der Waals surface area contributed by atoms with Crippen molar-refractivity contribution in [3.63, 3.8) is 0 Å². The monoisotopic (exact) mass is 704 g/mol. The third kappa shape index (κ3) is 6.21. The highest BCUT2D eigenvalue weighted by molar-refractivity contribution is 14.1. The zero-order valence-electron chi connectivity index (χ0n) is 23.1. The van der Waals surface area contributed by atoms with Crippen LogP contribution in [0.15, 0.2) is 59.6 Å². The molecule has 2 aliphatic rings. The fourth-order valence-electron chi connectivity index (χ4n) is 5.63. The van der Waals surface area contributed by atoms with Crippen LogP contribution in [-0.4, -0.2) is 36.2 Å². The van der Waals surface area contributed by atoms with E-state index < -0.39 is 32.0 Å². The molecule has 5 rings (SSSR count). The molecule has 1 amide bonds. The van der Waals surface area contributed by atoms with Crippen LogP contribution in [-0.2, 0) is 21.4 Å². The summed E-state index contributed by atoms with van der Waals surface area (Å²) in [6.07, 6.45) is 8.03. The van der Waals surface area contributed by atoms with Crippen LogP contribution in [0.25, 0.3) is 0 Å². The molecule has 0 bridgehead atoms. The second kappa shape index (κ2) is 12.7. The summed E-state index contributed by atoms with van der Waals surface area (Å²) in [5.74, 6) is -0.823. The molecule has 1 aromatic heterocycles. The fraction of sp³-hybridized carbons (Fsp3) is 0.387. The Balaban J connectivity index is 1.45. The molecular formula is C31H31F2IN4O3S. The first-order valence-electron chi connectivity index (χ1n) is 14.0. The van der Waals surface area contributed by atoms with E-state index in [9.17, 15) is 27.3 Å². The number of hydrogen-bond donors (Lipinski definition) is 0. The van der Waals surface area contributed by atoms with Gasteiger partial charge in [-0.05, 0) is 96.2 Å². The Hall–Kier alpha value is -2.95. The first-order valence-corrected chi connectivity index (χ1v) is 16.6. The van der Waals surface area contributed by atoms with Gasteiger partial charge in [-0.3, -0.25) is 9.78 Å². The number of hydrogen-bond acceptors (Lipinski definition) is 5.